The molecule has 3 aromatic heterocycles. The van der Waals surface area contributed by atoms with Crippen molar-refractivity contribution in [2.45, 2.75) is 0 Å². The minimum absolute atomic E-state index is 0.217. The summed E-state index contributed by atoms with van der Waals surface area (Å²) in [6, 6.07) is 19.4. The van der Waals surface area contributed by atoms with Gasteiger partial charge < -0.3 is 0 Å². The summed E-state index contributed by atoms with van der Waals surface area (Å²) in [4.78, 5) is 16.3. The number of nitrogens with zero attached hydrogens (tertiary/aromatic N) is 2. The zero-order valence-electron chi connectivity index (χ0n) is 16.8. The molecule has 5 nitrogen and oxygen atoms in total. The molecule has 2 aliphatic heterocycles. The molecule has 3 N–H and O–H groups in total. The Morgan fingerprint density at radius 3 is 1.84 bits per heavy atom. The van der Waals surface area contributed by atoms with Crippen molar-refractivity contribution in [3.63, 3.8) is 0 Å². The molecule has 0 radical (unpaired) electrons. The van der Waals surface area contributed by atoms with Gasteiger partial charge in [-0.05, 0) is 0 Å². The molecule has 154 valence electrons. The Labute approximate surface area is 192 Å². The number of hydrogen-bond acceptors (Lipinski definition) is 3. The third kappa shape index (κ3) is 3.36. The molecule has 32 heavy (non-hydrogen) atoms. The first kappa shape index (κ1) is 18.9. The second-order valence-electron chi connectivity index (χ2n) is 7.69. The maximum absolute atomic E-state index is 10.5. The van der Waals surface area contributed by atoms with E-state index < -0.39 is 0 Å². The number of H-pyrrole nitrogens is 2. The van der Waals surface area contributed by atoms with Crippen molar-refractivity contribution in [3.05, 3.63) is 83.4 Å². The molecule has 0 fully saturated rings. The van der Waals surface area contributed by atoms with Crippen LogP contribution in [0.4, 0.5) is 0 Å². The molecule has 0 saturated heterocycles. The molecular formula is C26H17MnN4O. The van der Waals surface area contributed by atoms with Gasteiger partial charge in [0, 0.05) is 0 Å². The molecule has 0 unspecified atom stereocenters. The van der Waals surface area contributed by atoms with Crippen LogP contribution in [0.3, 0.4) is 0 Å². The van der Waals surface area contributed by atoms with E-state index in [4.69, 9.17) is 9.97 Å². The number of phenols is 1. The number of aromatic nitrogens is 4. The number of hydrogen-bond donors (Lipinski definition) is 3. The van der Waals surface area contributed by atoms with Gasteiger partial charge in [-0.25, -0.2) is 0 Å². The molecule has 1 aromatic carbocycles. The van der Waals surface area contributed by atoms with E-state index in [1.165, 1.54) is 0 Å². The van der Waals surface area contributed by atoms with E-state index in [1.54, 1.807) is 6.07 Å². The van der Waals surface area contributed by atoms with E-state index in [-0.39, 0.29) is 5.75 Å². The first-order chi connectivity index (χ1) is 15.6. The predicted molar refractivity (Wildman–Crippen MR) is 126 cm³/mol. The summed E-state index contributed by atoms with van der Waals surface area (Å²) in [5, 5.41) is 10.5. The molecule has 5 heterocycles. The van der Waals surface area contributed by atoms with Gasteiger partial charge in [0.25, 0.3) is 0 Å². The molecule has 6 heteroatoms. The Kier molecular flexibility index (Phi) is 4.35. The molecule has 0 saturated carbocycles. The van der Waals surface area contributed by atoms with Crippen LogP contribution in [0.2, 0.25) is 0 Å². The van der Waals surface area contributed by atoms with Crippen LogP contribution in [0, 0.1) is 0 Å². The van der Waals surface area contributed by atoms with Crippen molar-refractivity contribution in [1.29, 1.82) is 0 Å². The molecule has 8 bridgehead atoms. The third-order valence-electron chi connectivity index (χ3n) is 5.46. The molecule has 2 aliphatic rings. The van der Waals surface area contributed by atoms with Gasteiger partial charge in [0.2, 0.25) is 0 Å². The number of fused-ring (bicyclic) bond motifs is 8. The second-order valence-corrected chi connectivity index (χ2v) is 8.28. The zero-order chi connectivity index (χ0) is 21.7. The Balaban J connectivity index is 1.73. The molecular weight excluding hydrogens is 439 g/mol. The van der Waals surface area contributed by atoms with Crippen molar-refractivity contribution < 1.29 is 21.1 Å². The first-order valence-corrected chi connectivity index (χ1v) is 10.8. The van der Waals surface area contributed by atoms with Gasteiger partial charge in [0.1, 0.15) is 0 Å². The quantitative estimate of drug-likeness (QED) is 0.298. The predicted octanol–water partition coefficient (Wildman–Crippen LogP) is 5.20. The average Bonchev–Trinajstić information content (AvgIpc) is 3.55. The van der Waals surface area contributed by atoms with E-state index in [0.29, 0.717) is 0 Å². The van der Waals surface area contributed by atoms with Crippen molar-refractivity contribution in [2.75, 3.05) is 0 Å². The summed E-state index contributed by atoms with van der Waals surface area (Å²) >= 11 is 3.75. The van der Waals surface area contributed by atoms with Crippen LogP contribution in [-0.2, 0) is 16.0 Å². The summed E-state index contributed by atoms with van der Waals surface area (Å²) in [6.07, 6.45) is 7.95. The molecule has 0 spiro atoms. The van der Waals surface area contributed by atoms with Crippen molar-refractivity contribution in [3.8, 4) is 16.9 Å². The van der Waals surface area contributed by atoms with Gasteiger partial charge in [-0.2, -0.15) is 0 Å². The van der Waals surface area contributed by atoms with Crippen molar-refractivity contribution in [2.24, 2.45) is 0 Å². The Morgan fingerprint density at radius 1 is 0.656 bits per heavy atom. The van der Waals surface area contributed by atoms with E-state index in [0.717, 1.165) is 60.4 Å². The molecule has 0 atom stereocenters. The normalized spacial score (nSPS) is 12.4. The fraction of sp³-hybridized carbons (Fsp3) is 0. The monoisotopic (exact) mass is 456 g/mol. The SMILES string of the molecule is Oc1ccccc1-c1[c]([Mn])c2cc3nc(cc4ccc(cc5nc(cc1[nH]2)C=C5)[nH]4)C=C3. The molecule has 4 aromatic rings. The van der Waals surface area contributed by atoms with Crippen LogP contribution in [-0.4, -0.2) is 25.0 Å². The van der Waals surface area contributed by atoms with Crippen LogP contribution in [0.25, 0.3) is 57.5 Å². The van der Waals surface area contributed by atoms with Crippen LogP contribution < -0.4 is 4.46 Å². The summed E-state index contributed by atoms with van der Waals surface area (Å²) in [7, 11) is 0. The number of aromatic amines is 2. The topological polar surface area (TPSA) is 77.6 Å². The number of rotatable bonds is 1. The Bertz CT molecular complexity index is 1610. The van der Waals surface area contributed by atoms with Crippen LogP contribution in [0.1, 0.15) is 22.8 Å². The van der Waals surface area contributed by atoms with E-state index in [2.05, 4.69) is 26.0 Å². The maximum atomic E-state index is 10.5. The van der Waals surface area contributed by atoms with Gasteiger partial charge in [-0.1, -0.05) is 0 Å². The average molecular weight is 456 g/mol. The number of para-hydroxylation sites is 1. The van der Waals surface area contributed by atoms with Crippen LogP contribution in [0.5, 0.6) is 5.75 Å². The summed E-state index contributed by atoms with van der Waals surface area (Å²) < 4.78 is 0.857. The fourth-order valence-corrected chi connectivity index (χ4v) is 4.47. The van der Waals surface area contributed by atoms with Gasteiger partial charge >= 0.3 is 192 Å². The van der Waals surface area contributed by atoms with E-state index in [1.807, 2.05) is 78.9 Å². The second kappa shape index (κ2) is 7.38. The van der Waals surface area contributed by atoms with E-state index >= 15 is 0 Å². The molecule has 0 aliphatic carbocycles. The minimum atomic E-state index is 0.217. The first-order valence-electron chi connectivity index (χ1n) is 10.2. The molecule has 0 amide bonds. The number of phenolic OH excluding ortho intramolecular Hbond substituents is 1. The van der Waals surface area contributed by atoms with Crippen LogP contribution >= 0.6 is 0 Å². The van der Waals surface area contributed by atoms with Gasteiger partial charge in [-0.3, -0.25) is 0 Å². The van der Waals surface area contributed by atoms with Crippen molar-refractivity contribution in [1.82, 2.24) is 19.9 Å². The summed E-state index contributed by atoms with van der Waals surface area (Å²) in [5.41, 5.74) is 8.70. The Morgan fingerprint density at radius 2 is 1.22 bits per heavy atom. The van der Waals surface area contributed by atoms with Crippen LogP contribution in [0.15, 0.2) is 60.7 Å². The number of benzene rings is 1. The summed E-state index contributed by atoms with van der Waals surface area (Å²) in [5.74, 6) is 0.217. The standard InChI is InChI=1S/C26H17N4O.Mn/c31-26-4-2-1-3-23(26)24-14-22-13-20-8-7-18(28-20)11-16-5-6-17(27-16)12-19-9-10-21(29-19)15-25(24)30-22;/h1-13,15,27,30-31H;. The fourth-order valence-electron chi connectivity index (χ4n) is 3.99. The zero-order valence-corrected chi connectivity index (χ0v) is 18.0. The number of aromatic hydroxyl groups is 1. The Hall–Kier alpha value is -3.86. The van der Waals surface area contributed by atoms with Gasteiger partial charge in [0.15, 0.2) is 0 Å². The van der Waals surface area contributed by atoms with Gasteiger partial charge in [-0.15, -0.1) is 0 Å². The van der Waals surface area contributed by atoms with E-state index in [9.17, 15) is 5.11 Å². The van der Waals surface area contributed by atoms with Crippen molar-refractivity contribution >= 4 is 50.8 Å². The third-order valence-corrected chi connectivity index (χ3v) is 6.07. The van der Waals surface area contributed by atoms with Gasteiger partial charge in [0.05, 0.1) is 0 Å². The molecule has 6 rings (SSSR count). The number of nitrogens with one attached hydrogen (secondary N) is 2. The summed E-state index contributed by atoms with van der Waals surface area (Å²) in [6.45, 7) is 0.